The fourth-order valence-corrected chi connectivity index (χ4v) is 9.40. The standard InChI is InChI=1S/C67H112O16P2/c1-4-7-10-13-16-19-22-25-28-30-33-35-38-41-44-47-50-53-65(70)77-56-62(68)57-79-84(73,74)80-58-63(69)59-81-85(75,76)82-61-64(83-67(72)55-52-49-46-43-40-37-32-27-24-21-18-15-12-9-6-3)60-78-66(71)54-51-48-45-42-39-36-34-31-29-26-23-20-17-14-11-8-5-2/h7-8,10-11,16-21,25-29,32-36,62-64,68-69H,4-6,9,12-15,22-24,30-31,37-61H2,1-3H3,(H,73,74)(H,75,76)/b10-7-,11-8-,19-16-,20-17-,21-18-,28-25-,29-26-,32-27-,35-33-,36-34-. The number of unbranched alkanes of at least 4 members (excludes halogenated alkanes) is 16. The lowest BCUT2D eigenvalue weighted by molar-refractivity contribution is -0.161. The van der Waals surface area contributed by atoms with Crippen molar-refractivity contribution < 1.29 is 75.8 Å². The van der Waals surface area contributed by atoms with Gasteiger partial charge in [0.05, 0.1) is 26.4 Å². The molecule has 0 aromatic rings. The van der Waals surface area contributed by atoms with Crippen molar-refractivity contribution in [3.8, 4) is 0 Å². The summed E-state index contributed by atoms with van der Waals surface area (Å²) < 4.78 is 60.7. The Hall–Kier alpha value is -4.05. The Morgan fingerprint density at radius 2 is 0.624 bits per heavy atom. The molecule has 0 aromatic heterocycles. The molecule has 0 radical (unpaired) electrons. The molecule has 0 aromatic carbocycles. The van der Waals surface area contributed by atoms with Crippen LogP contribution in [0.1, 0.15) is 226 Å². The van der Waals surface area contributed by atoms with Crippen LogP contribution in [0.15, 0.2) is 122 Å². The predicted octanol–water partition coefficient (Wildman–Crippen LogP) is 17.1. The summed E-state index contributed by atoms with van der Waals surface area (Å²) in [6.07, 6.45) is 66.8. The quantitative estimate of drug-likeness (QED) is 0.0146. The maximum absolute atomic E-state index is 12.9. The second-order valence-electron chi connectivity index (χ2n) is 20.8. The lowest BCUT2D eigenvalue weighted by Crippen LogP contribution is -2.30. The monoisotopic (exact) mass is 1230 g/mol. The molecule has 0 amide bonds. The van der Waals surface area contributed by atoms with Gasteiger partial charge in [-0.25, -0.2) is 9.13 Å². The number of carbonyl (C=O) groups excluding carboxylic acids is 3. The molecule has 0 saturated heterocycles. The van der Waals surface area contributed by atoms with E-state index in [0.717, 1.165) is 148 Å². The average Bonchev–Trinajstić information content (AvgIpc) is 3.48. The van der Waals surface area contributed by atoms with Crippen molar-refractivity contribution in [2.24, 2.45) is 0 Å². The van der Waals surface area contributed by atoms with Gasteiger partial charge < -0.3 is 34.2 Å². The van der Waals surface area contributed by atoms with Crippen molar-refractivity contribution in [3.05, 3.63) is 122 Å². The topological polar surface area (TPSA) is 231 Å². The molecule has 486 valence electrons. The Morgan fingerprint density at radius 3 is 0.988 bits per heavy atom. The summed E-state index contributed by atoms with van der Waals surface area (Å²) in [6.45, 7) is 2.31. The summed E-state index contributed by atoms with van der Waals surface area (Å²) in [6, 6.07) is 0. The van der Waals surface area contributed by atoms with Crippen LogP contribution < -0.4 is 0 Å². The molecule has 0 spiro atoms. The van der Waals surface area contributed by atoms with Crippen LogP contribution in [-0.4, -0.2) is 95.9 Å². The maximum Gasteiger partial charge on any atom is 0.472 e. The number of esters is 3. The Bertz CT molecular complexity index is 2040. The first-order valence-electron chi connectivity index (χ1n) is 31.8. The predicted molar refractivity (Wildman–Crippen MR) is 343 cm³/mol. The van der Waals surface area contributed by atoms with Crippen molar-refractivity contribution in [1.29, 1.82) is 0 Å². The Morgan fingerprint density at radius 1 is 0.341 bits per heavy atom. The molecule has 0 bridgehead atoms. The molecule has 4 N–H and O–H groups in total. The first-order chi connectivity index (χ1) is 41.2. The van der Waals surface area contributed by atoms with Gasteiger partial charge in [0.15, 0.2) is 6.10 Å². The number of rotatable bonds is 59. The summed E-state index contributed by atoms with van der Waals surface area (Å²) in [5.41, 5.74) is 0. The van der Waals surface area contributed by atoms with E-state index in [4.69, 9.17) is 32.3 Å². The SMILES string of the molecule is CC/C=C\C/C=C\C/C=C\C/C=C\CCCCCCC(=O)OCC(O)COP(=O)(O)OCC(O)COP(=O)(O)OCC(COC(=O)CCCCCC/C=C\C/C=C\C/C=C\C/C=C\CC)OC(=O)CCCCCCC/C=C\C/C=C\CCCCC. The van der Waals surface area contributed by atoms with Gasteiger partial charge in [-0.1, -0.05) is 200 Å². The van der Waals surface area contributed by atoms with E-state index in [1.165, 1.54) is 19.3 Å². The largest absolute Gasteiger partial charge is 0.472 e. The van der Waals surface area contributed by atoms with Crippen molar-refractivity contribution >= 4 is 33.6 Å². The van der Waals surface area contributed by atoms with Crippen LogP contribution in [0, 0.1) is 0 Å². The number of allylic oxidation sites excluding steroid dienone is 20. The van der Waals surface area contributed by atoms with Crippen molar-refractivity contribution in [2.45, 2.75) is 245 Å². The van der Waals surface area contributed by atoms with Crippen molar-refractivity contribution in [3.63, 3.8) is 0 Å². The van der Waals surface area contributed by atoms with E-state index in [9.17, 15) is 43.5 Å². The van der Waals surface area contributed by atoms with E-state index >= 15 is 0 Å². The molecule has 5 unspecified atom stereocenters. The number of hydrogen-bond donors (Lipinski definition) is 4. The third-order valence-corrected chi connectivity index (χ3v) is 14.6. The number of phosphoric acid groups is 2. The van der Waals surface area contributed by atoms with Crippen LogP contribution in [0.3, 0.4) is 0 Å². The molecule has 0 fully saturated rings. The van der Waals surface area contributed by atoms with Crippen molar-refractivity contribution in [2.75, 3.05) is 39.6 Å². The number of aliphatic hydroxyl groups excluding tert-OH is 2. The molecule has 5 atom stereocenters. The van der Waals surface area contributed by atoms with Crippen LogP contribution in [0.25, 0.3) is 0 Å². The number of phosphoric ester groups is 2. The highest BCUT2D eigenvalue weighted by Gasteiger charge is 2.29. The molecular weight excluding hydrogens is 1120 g/mol. The number of hydrogen-bond acceptors (Lipinski definition) is 14. The number of ether oxygens (including phenoxy) is 3. The van der Waals surface area contributed by atoms with Gasteiger partial charge in [0.25, 0.3) is 0 Å². The number of aliphatic hydroxyl groups is 2. The highest BCUT2D eigenvalue weighted by molar-refractivity contribution is 7.47. The van der Waals surface area contributed by atoms with Crippen LogP contribution in [0.2, 0.25) is 0 Å². The summed E-state index contributed by atoms with van der Waals surface area (Å²) in [5.74, 6) is -1.65. The molecule has 0 rings (SSSR count). The van der Waals surface area contributed by atoms with Crippen LogP contribution >= 0.6 is 15.6 Å². The van der Waals surface area contributed by atoms with E-state index in [-0.39, 0.29) is 19.3 Å². The molecule has 0 heterocycles. The van der Waals surface area contributed by atoms with Crippen LogP contribution in [0.4, 0.5) is 0 Å². The molecule has 18 heteroatoms. The average molecular weight is 1240 g/mol. The summed E-state index contributed by atoms with van der Waals surface area (Å²) in [7, 11) is -9.79. The summed E-state index contributed by atoms with van der Waals surface area (Å²) in [5, 5.41) is 20.5. The Kier molecular flexibility index (Phi) is 57.4. The van der Waals surface area contributed by atoms with E-state index in [2.05, 4.69) is 142 Å². The van der Waals surface area contributed by atoms with Gasteiger partial charge in [0, 0.05) is 19.3 Å². The lowest BCUT2D eigenvalue weighted by Gasteiger charge is -2.21. The van der Waals surface area contributed by atoms with E-state index in [0.29, 0.717) is 19.3 Å². The smallest absolute Gasteiger partial charge is 0.463 e. The zero-order valence-electron chi connectivity index (χ0n) is 52.2. The Labute approximate surface area is 512 Å². The van der Waals surface area contributed by atoms with Gasteiger partial charge in [-0.2, -0.15) is 0 Å². The van der Waals surface area contributed by atoms with Gasteiger partial charge >= 0.3 is 33.6 Å². The molecular formula is C67H112O16P2. The zero-order chi connectivity index (χ0) is 62.4. The van der Waals surface area contributed by atoms with E-state index in [1.807, 2.05) is 0 Å². The normalized spacial score (nSPS) is 15.1. The molecule has 16 nitrogen and oxygen atoms in total. The van der Waals surface area contributed by atoms with E-state index < -0.39 is 91.5 Å². The lowest BCUT2D eigenvalue weighted by atomic mass is 10.1. The van der Waals surface area contributed by atoms with Gasteiger partial charge in [-0.05, 0) is 128 Å². The molecule has 0 aliphatic heterocycles. The maximum atomic E-state index is 12.9. The number of carbonyl (C=O) groups is 3. The second-order valence-corrected chi connectivity index (χ2v) is 23.7. The van der Waals surface area contributed by atoms with Gasteiger partial charge in [-0.15, -0.1) is 0 Å². The van der Waals surface area contributed by atoms with Crippen LogP contribution in [-0.2, 0) is 55.8 Å². The highest BCUT2D eigenvalue weighted by atomic mass is 31.2. The third-order valence-electron chi connectivity index (χ3n) is 12.7. The minimum Gasteiger partial charge on any atom is -0.463 e. The van der Waals surface area contributed by atoms with Gasteiger partial charge in [-0.3, -0.25) is 32.5 Å². The van der Waals surface area contributed by atoms with Crippen molar-refractivity contribution in [1.82, 2.24) is 0 Å². The second kappa shape index (κ2) is 60.2. The minimum absolute atomic E-state index is 0.0788. The first kappa shape index (κ1) is 81.0. The molecule has 0 aliphatic rings. The first-order valence-corrected chi connectivity index (χ1v) is 34.8. The fraction of sp³-hybridized carbons (Fsp3) is 0.657. The summed E-state index contributed by atoms with van der Waals surface area (Å²) in [4.78, 5) is 58.2. The van der Waals surface area contributed by atoms with E-state index in [1.54, 1.807) is 0 Å². The minimum atomic E-state index is -4.94. The molecule has 0 saturated carbocycles. The molecule has 0 aliphatic carbocycles. The zero-order valence-corrected chi connectivity index (χ0v) is 54.0. The fourth-order valence-electron chi connectivity index (χ4n) is 7.82. The Balaban J connectivity index is 4.78. The van der Waals surface area contributed by atoms with Crippen LogP contribution in [0.5, 0.6) is 0 Å². The van der Waals surface area contributed by atoms with Gasteiger partial charge in [0.1, 0.15) is 25.4 Å². The molecule has 85 heavy (non-hydrogen) atoms. The van der Waals surface area contributed by atoms with Gasteiger partial charge in [0.2, 0.25) is 0 Å². The summed E-state index contributed by atoms with van der Waals surface area (Å²) >= 11 is 0. The third kappa shape index (κ3) is 61.4. The highest BCUT2D eigenvalue weighted by Crippen LogP contribution is 2.45.